The fourth-order valence-corrected chi connectivity index (χ4v) is 5.21. The average molecular weight is 596 g/mol. The fraction of sp³-hybridized carbons (Fsp3) is 0.212. The van der Waals surface area contributed by atoms with Crippen LogP contribution in [0.15, 0.2) is 99.2 Å². The molecule has 0 aliphatic carbocycles. The number of fused-ring (bicyclic) bond motifs is 1. The van der Waals surface area contributed by atoms with Crippen LogP contribution in [0, 0.1) is 12.3 Å². The van der Waals surface area contributed by atoms with Crippen molar-refractivity contribution in [1.82, 2.24) is 20.9 Å². The van der Waals surface area contributed by atoms with Crippen molar-refractivity contribution in [3.8, 4) is 0 Å². The maximum atomic E-state index is 13.6. The molecule has 220 valence electrons. The monoisotopic (exact) mass is 595 g/mol. The fourth-order valence-electron chi connectivity index (χ4n) is 4.87. The molecular weight excluding hydrogens is 562 g/mol. The highest BCUT2D eigenvalue weighted by Crippen LogP contribution is 2.35. The van der Waals surface area contributed by atoms with Crippen LogP contribution in [0.25, 0.3) is 11.1 Å². The second-order valence-electron chi connectivity index (χ2n) is 10.2. The largest absolute Gasteiger partial charge is 0.423 e. The van der Waals surface area contributed by atoms with Crippen LogP contribution in [-0.2, 0) is 17.8 Å². The maximum absolute atomic E-state index is 13.6. The molecule has 1 unspecified atom stereocenters. The number of guanidine groups is 1. The van der Waals surface area contributed by atoms with Gasteiger partial charge in [0.2, 0.25) is 5.96 Å². The van der Waals surface area contributed by atoms with Gasteiger partial charge in [0.1, 0.15) is 11.6 Å². The van der Waals surface area contributed by atoms with Crippen LogP contribution < -0.4 is 21.3 Å². The Morgan fingerprint density at radius 3 is 2.67 bits per heavy atom. The van der Waals surface area contributed by atoms with Crippen molar-refractivity contribution >= 4 is 46.8 Å². The molecule has 1 aliphatic heterocycles. The highest BCUT2D eigenvalue weighted by atomic mass is 35.5. The summed E-state index contributed by atoms with van der Waals surface area (Å²) < 4.78 is 6.02. The number of aromatic nitrogens is 1. The molecule has 0 saturated heterocycles. The van der Waals surface area contributed by atoms with Crippen LogP contribution in [0.5, 0.6) is 0 Å². The molecule has 3 aromatic carbocycles. The first-order valence-electron chi connectivity index (χ1n) is 14.1. The van der Waals surface area contributed by atoms with Gasteiger partial charge in [-0.25, -0.2) is 4.99 Å². The van der Waals surface area contributed by atoms with Gasteiger partial charge in [-0.15, -0.1) is 0 Å². The van der Waals surface area contributed by atoms with E-state index in [0.717, 1.165) is 34.2 Å². The quantitative estimate of drug-likeness (QED) is 0.139. The van der Waals surface area contributed by atoms with E-state index in [0.29, 0.717) is 45.9 Å². The van der Waals surface area contributed by atoms with E-state index in [9.17, 15) is 4.79 Å². The number of rotatable bonds is 10. The lowest BCUT2D eigenvalue weighted by Crippen LogP contribution is -2.39. The molecule has 1 aromatic heterocycles. The van der Waals surface area contributed by atoms with E-state index in [1.807, 2.05) is 80.6 Å². The minimum absolute atomic E-state index is 0.159. The molecule has 5 rings (SSSR count). The van der Waals surface area contributed by atoms with E-state index in [4.69, 9.17) is 26.4 Å². The maximum Gasteiger partial charge on any atom is 0.302 e. The van der Waals surface area contributed by atoms with Crippen molar-refractivity contribution in [2.24, 2.45) is 4.99 Å². The molecule has 1 amide bonds. The zero-order chi connectivity index (χ0) is 30.3. The molecule has 9 nitrogen and oxygen atoms in total. The van der Waals surface area contributed by atoms with Crippen LogP contribution in [0.2, 0.25) is 5.02 Å². The van der Waals surface area contributed by atoms with Crippen molar-refractivity contribution < 1.29 is 9.21 Å². The minimum Gasteiger partial charge on any atom is -0.423 e. The lowest BCUT2D eigenvalue weighted by atomic mass is 9.95. The first kappa shape index (κ1) is 29.6. The van der Waals surface area contributed by atoms with Crippen LogP contribution >= 0.6 is 11.6 Å². The summed E-state index contributed by atoms with van der Waals surface area (Å²) >= 11 is 6.69. The van der Waals surface area contributed by atoms with Crippen molar-refractivity contribution in [2.45, 2.75) is 39.8 Å². The third kappa shape index (κ3) is 6.95. The van der Waals surface area contributed by atoms with E-state index in [2.05, 4.69) is 33.2 Å². The number of amides is 1. The van der Waals surface area contributed by atoms with Gasteiger partial charge in [-0.3, -0.25) is 10.1 Å². The molecule has 4 aromatic rings. The molecule has 0 radical (unpaired) electrons. The van der Waals surface area contributed by atoms with Crippen LogP contribution in [-0.4, -0.2) is 29.6 Å². The smallest absolute Gasteiger partial charge is 0.302 e. The lowest BCUT2D eigenvalue weighted by Gasteiger charge is -2.27. The van der Waals surface area contributed by atoms with Gasteiger partial charge < -0.3 is 25.8 Å². The van der Waals surface area contributed by atoms with Gasteiger partial charge in [0.25, 0.3) is 5.91 Å². The van der Waals surface area contributed by atoms with Crippen molar-refractivity contribution in [3.63, 3.8) is 0 Å². The second-order valence-corrected chi connectivity index (χ2v) is 10.7. The van der Waals surface area contributed by atoms with Crippen molar-refractivity contribution in [1.29, 1.82) is 5.41 Å². The number of hydrogen-bond donors (Lipinski definition) is 5. The Morgan fingerprint density at radius 2 is 1.93 bits per heavy atom. The summed E-state index contributed by atoms with van der Waals surface area (Å²) in [7, 11) is 0. The number of oxazole rings is 1. The van der Waals surface area contributed by atoms with Crippen LogP contribution in [0.1, 0.15) is 42.1 Å². The Hall–Kier alpha value is -4.89. The Bertz CT molecular complexity index is 1740. The van der Waals surface area contributed by atoms with Gasteiger partial charge >= 0.3 is 6.01 Å². The second kappa shape index (κ2) is 13.4. The number of nitrogens with one attached hydrogen (secondary N) is 5. The molecule has 1 atom stereocenters. The number of carbonyl (C=O) groups is 1. The van der Waals surface area contributed by atoms with Crippen molar-refractivity contribution in [3.05, 3.63) is 117 Å². The minimum atomic E-state index is -0.698. The third-order valence-corrected chi connectivity index (χ3v) is 7.44. The number of hydrogen-bond acceptors (Lipinski definition) is 8. The van der Waals surface area contributed by atoms with Gasteiger partial charge in [-0.05, 0) is 49.1 Å². The molecule has 0 spiro atoms. The SMILES string of the molecule is CCc1cccc2nc(NC3=NC(c4ccc(C)cc4Cl)C(C(=O)NC/C(C=N)=C/NCc4ccccc4)=C(C)N3)oc12. The Kier molecular flexibility index (Phi) is 9.22. The summed E-state index contributed by atoms with van der Waals surface area (Å²) in [5, 5.41) is 20.8. The van der Waals surface area contributed by atoms with Crippen LogP contribution in [0.3, 0.4) is 0 Å². The molecule has 43 heavy (non-hydrogen) atoms. The highest BCUT2D eigenvalue weighted by Gasteiger charge is 2.31. The number of aliphatic imine (C=N–C) groups is 1. The molecule has 1 aliphatic rings. The Balaban J connectivity index is 1.37. The zero-order valence-electron chi connectivity index (χ0n) is 24.3. The predicted octanol–water partition coefficient (Wildman–Crippen LogP) is 6.18. The number of carbonyl (C=O) groups excluding carboxylic acids is 1. The number of halogens is 1. The summed E-state index contributed by atoms with van der Waals surface area (Å²) in [5.41, 5.74) is 6.97. The molecule has 2 heterocycles. The van der Waals surface area contributed by atoms with Gasteiger partial charge in [-0.2, -0.15) is 4.98 Å². The third-order valence-electron chi connectivity index (χ3n) is 7.11. The van der Waals surface area contributed by atoms with Crippen molar-refractivity contribution in [2.75, 3.05) is 11.9 Å². The topological polar surface area (TPSA) is 127 Å². The first-order valence-corrected chi connectivity index (χ1v) is 14.5. The van der Waals surface area contributed by atoms with E-state index in [1.54, 1.807) is 6.20 Å². The number of allylic oxidation sites excluding steroid dienone is 1. The van der Waals surface area contributed by atoms with E-state index >= 15 is 0 Å². The highest BCUT2D eigenvalue weighted by molar-refractivity contribution is 6.31. The molecule has 0 fully saturated rings. The summed E-state index contributed by atoms with van der Waals surface area (Å²) in [5.74, 6) is 0.0604. The predicted molar refractivity (Wildman–Crippen MR) is 172 cm³/mol. The van der Waals surface area contributed by atoms with Gasteiger partial charge in [0, 0.05) is 47.4 Å². The molecule has 0 saturated carbocycles. The average Bonchev–Trinajstić information content (AvgIpc) is 3.41. The standard InChI is InChI=1S/C33H34ClN7O2/c1-4-24-11-8-12-27-30(24)43-33(39-27)41-32-38-21(3)28(29(40-32)25-14-13-20(2)15-26(25)34)31(42)37-19-23(16-35)18-36-17-22-9-6-5-7-10-22/h5-16,18,29,35-36H,4,17,19H2,1-3H3,(H,37,42)(H2,38,39,40,41)/b23-18+,35-16?. The Labute approximate surface area is 255 Å². The normalized spacial score (nSPS) is 15.1. The van der Waals surface area contributed by atoms with E-state index < -0.39 is 6.04 Å². The van der Waals surface area contributed by atoms with Gasteiger partial charge in [0.15, 0.2) is 5.58 Å². The summed E-state index contributed by atoms with van der Waals surface area (Å²) in [6.07, 6.45) is 3.77. The lowest BCUT2D eigenvalue weighted by molar-refractivity contribution is -0.117. The molecule has 10 heteroatoms. The Morgan fingerprint density at radius 1 is 1.12 bits per heavy atom. The summed E-state index contributed by atoms with van der Waals surface area (Å²) in [6.45, 7) is 6.61. The number of benzene rings is 3. The molecular formula is C33H34ClN7O2. The number of aryl methyl sites for hydroxylation is 2. The van der Waals surface area contributed by atoms with E-state index in [1.165, 1.54) is 6.21 Å². The summed E-state index contributed by atoms with van der Waals surface area (Å²) in [6, 6.07) is 21.1. The number of para-hydroxylation sites is 1. The number of nitrogens with zero attached hydrogens (tertiary/aromatic N) is 2. The van der Waals surface area contributed by atoms with E-state index in [-0.39, 0.29) is 12.5 Å². The first-order chi connectivity index (χ1) is 20.9. The van der Waals surface area contributed by atoms with Gasteiger partial charge in [0.05, 0.1) is 5.57 Å². The van der Waals surface area contributed by atoms with Crippen LogP contribution in [0.4, 0.5) is 6.01 Å². The zero-order valence-corrected chi connectivity index (χ0v) is 25.0. The molecule has 5 N–H and O–H groups in total. The van der Waals surface area contributed by atoms with Gasteiger partial charge in [-0.1, -0.05) is 73.1 Å². The molecule has 0 bridgehead atoms. The summed E-state index contributed by atoms with van der Waals surface area (Å²) in [4.78, 5) is 23.1. The number of anilines is 1.